The molecule has 2 aromatic carbocycles. The van der Waals surface area contributed by atoms with Crippen molar-refractivity contribution in [3.05, 3.63) is 52.5 Å². The van der Waals surface area contributed by atoms with E-state index in [0.717, 1.165) is 11.4 Å². The topological polar surface area (TPSA) is 58.6 Å². The van der Waals surface area contributed by atoms with Crippen molar-refractivity contribution < 1.29 is 14.3 Å². The third kappa shape index (κ3) is 4.54. The first kappa shape index (κ1) is 19.5. The highest BCUT2D eigenvalue weighted by molar-refractivity contribution is 6.44. The van der Waals surface area contributed by atoms with Gasteiger partial charge in [-0.1, -0.05) is 29.3 Å². The summed E-state index contributed by atoms with van der Waals surface area (Å²) in [6.07, 6.45) is 0.226. The van der Waals surface area contributed by atoms with E-state index < -0.39 is 5.92 Å². The van der Waals surface area contributed by atoms with Crippen LogP contribution in [0.4, 0.5) is 11.4 Å². The van der Waals surface area contributed by atoms with E-state index in [1.165, 1.54) is 0 Å². The zero-order chi connectivity index (χ0) is 19.6. The van der Waals surface area contributed by atoms with E-state index in [1.807, 2.05) is 38.1 Å². The van der Waals surface area contributed by atoms with Crippen molar-refractivity contribution in [1.29, 1.82) is 0 Å². The number of rotatable bonds is 5. The number of nitrogens with zero attached hydrogens (tertiary/aromatic N) is 1. The molecule has 0 aliphatic carbocycles. The maximum absolute atomic E-state index is 12.6. The van der Waals surface area contributed by atoms with Crippen molar-refractivity contribution in [1.82, 2.24) is 0 Å². The first-order valence-electron chi connectivity index (χ1n) is 8.67. The zero-order valence-electron chi connectivity index (χ0n) is 15.0. The van der Waals surface area contributed by atoms with E-state index >= 15 is 0 Å². The largest absolute Gasteiger partial charge is 0.491 e. The van der Waals surface area contributed by atoms with Crippen LogP contribution >= 0.6 is 23.2 Å². The van der Waals surface area contributed by atoms with Gasteiger partial charge in [-0.25, -0.2) is 0 Å². The molecule has 3 rings (SSSR count). The number of benzene rings is 2. The highest BCUT2D eigenvalue weighted by Gasteiger charge is 2.35. The minimum atomic E-state index is -0.459. The second-order valence-corrected chi connectivity index (χ2v) is 7.44. The van der Waals surface area contributed by atoms with E-state index in [0.29, 0.717) is 17.3 Å². The normalized spacial score (nSPS) is 16.7. The molecular formula is C20H20Cl2N2O3. The van der Waals surface area contributed by atoms with Crippen LogP contribution in [0.3, 0.4) is 0 Å². The van der Waals surface area contributed by atoms with Crippen molar-refractivity contribution in [3.8, 4) is 5.75 Å². The second-order valence-electron chi connectivity index (χ2n) is 6.66. The lowest BCUT2D eigenvalue weighted by atomic mass is 10.1. The molecular weight excluding hydrogens is 387 g/mol. The Hall–Kier alpha value is -2.24. The van der Waals surface area contributed by atoms with Crippen LogP contribution in [-0.2, 0) is 9.59 Å². The summed E-state index contributed by atoms with van der Waals surface area (Å²) in [4.78, 5) is 26.6. The highest BCUT2D eigenvalue weighted by Crippen LogP contribution is 2.31. The quantitative estimate of drug-likeness (QED) is 0.777. The first-order valence-corrected chi connectivity index (χ1v) is 9.42. The number of ether oxygens (including phenoxy) is 1. The Morgan fingerprint density at radius 3 is 2.56 bits per heavy atom. The minimum absolute atomic E-state index is 0.0793. The molecule has 1 N–H and O–H groups in total. The van der Waals surface area contributed by atoms with E-state index in [2.05, 4.69) is 5.32 Å². The number of carbonyl (C=O) groups excluding carboxylic acids is 2. The summed E-state index contributed by atoms with van der Waals surface area (Å²) in [6, 6.07) is 12.3. The van der Waals surface area contributed by atoms with E-state index in [1.54, 1.807) is 23.1 Å². The summed E-state index contributed by atoms with van der Waals surface area (Å²) in [5, 5.41) is 3.41. The van der Waals surface area contributed by atoms with Gasteiger partial charge in [0.05, 0.1) is 27.8 Å². The lowest BCUT2D eigenvalue weighted by molar-refractivity contribution is -0.122. The van der Waals surface area contributed by atoms with Crippen LogP contribution in [0.1, 0.15) is 20.3 Å². The Morgan fingerprint density at radius 1 is 1.19 bits per heavy atom. The van der Waals surface area contributed by atoms with Gasteiger partial charge in [0, 0.05) is 18.7 Å². The number of halogens is 2. The van der Waals surface area contributed by atoms with Gasteiger partial charge in [0.25, 0.3) is 0 Å². The molecule has 27 heavy (non-hydrogen) atoms. The van der Waals surface area contributed by atoms with E-state index in [4.69, 9.17) is 27.9 Å². The lowest BCUT2D eigenvalue weighted by Crippen LogP contribution is -2.28. The van der Waals surface area contributed by atoms with Gasteiger partial charge in [-0.15, -0.1) is 0 Å². The Bertz CT molecular complexity index is 853. The van der Waals surface area contributed by atoms with Gasteiger partial charge in [-0.2, -0.15) is 0 Å². The maximum atomic E-state index is 12.6. The molecule has 5 nitrogen and oxygen atoms in total. The van der Waals surface area contributed by atoms with Gasteiger partial charge in [0.2, 0.25) is 11.8 Å². The average molecular weight is 407 g/mol. The van der Waals surface area contributed by atoms with E-state index in [9.17, 15) is 9.59 Å². The molecule has 1 atom stereocenters. The van der Waals surface area contributed by atoms with Crippen LogP contribution in [0.5, 0.6) is 5.75 Å². The third-order valence-electron chi connectivity index (χ3n) is 4.23. The van der Waals surface area contributed by atoms with Crippen LogP contribution in [0.25, 0.3) is 0 Å². The van der Waals surface area contributed by atoms with Crippen LogP contribution in [0.15, 0.2) is 42.5 Å². The molecule has 2 amide bonds. The number of anilines is 2. The van der Waals surface area contributed by atoms with Crippen LogP contribution in [0.2, 0.25) is 10.0 Å². The summed E-state index contributed by atoms with van der Waals surface area (Å²) in [6.45, 7) is 4.22. The Kier molecular flexibility index (Phi) is 5.92. The van der Waals surface area contributed by atoms with Crippen LogP contribution in [0, 0.1) is 5.92 Å². The molecule has 0 spiro atoms. The number of nitrogens with one attached hydrogen (secondary N) is 1. The lowest BCUT2D eigenvalue weighted by Gasteiger charge is -2.18. The fourth-order valence-corrected chi connectivity index (χ4v) is 3.29. The number of hydrogen-bond donors (Lipinski definition) is 1. The third-order valence-corrected chi connectivity index (χ3v) is 5.04. The molecule has 0 aromatic heterocycles. The molecule has 1 aliphatic rings. The molecule has 7 heteroatoms. The van der Waals surface area contributed by atoms with E-state index in [-0.39, 0.29) is 29.4 Å². The molecule has 1 fully saturated rings. The fourth-order valence-electron chi connectivity index (χ4n) is 2.94. The maximum Gasteiger partial charge on any atom is 0.229 e. The summed E-state index contributed by atoms with van der Waals surface area (Å²) in [7, 11) is 0. The van der Waals surface area contributed by atoms with Gasteiger partial charge in [-0.3, -0.25) is 9.59 Å². The molecule has 1 saturated heterocycles. The first-order chi connectivity index (χ1) is 12.8. The van der Waals surface area contributed by atoms with Gasteiger partial charge < -0.3 is 15.0 Å². The number of amides is 2. The molecule has 1 unspecified atom stereocenters. The molecule has 1 heterocycles. The molecule has 2 aromatic rings. The number of hydrogen-bond acceptors (Lipinski definition) is 3. The molecule has 0 saturated carbocycles. The standard InChI is InChI=1S/C20H20Cl2N2O3/c1-12(2)27-15-8-6-14(7-9-15)24-11-13(10-18(24)25)20(26)23-17-5-3-4-16(21)19(17)22/h3-9,12-13H,10-11H2,1-2H3,(H,23,26). The predicted octanol–water partition coefficient (Wildman–Crippen LogP) is 4.77. The van der Waals surface area contributed by atoms with Gasteiger partial charge in [-0.05, 0) is 50.2 Å². The molecule has 0 bridgehead atoms. The molecule has 142 valence electrons. The van der Waals surface area contributed by atoms with Crippen molar-refractivity contribution in [2.75, 3.05) is 16.8 Å². The van der Waals surface area contributed by atoms with Gasteiger partial charge in [0.1, 0.15) is 5.75 Å². The second kappa shape index (κ2) is 8.19. The Labute approximate surface area is 168 Å². The summed E-state index contributed by atoms with van der Waals surface area (Å²) >= 11 is 12.1. The Balaban J connectivity index is 1.67. The monoisotopic (exact) mass is 406 g/mol. The smallest absolute Gasteiger partial charge is 0.229 e. The van der Waals surface area contributed by atoms with Crippen molar-refractivity contribution >= 4 is 46.4 Å². The van der Waals surface area contributed by atoms with Crippen LogP contribution in [-0.4, -0.2) is 24.5 Å². The van der Waals surface area contributed by atoms with Gasteiger partial charge >= 0.3 is 0 Å². The van der Waals surface area contributed by atoms with Crippen molar-refractivity contribution in [2.45, 2.75) is 26.4 Å². The van der Waals surface area contributed by atoms with Crippen molar-refractivity contribution in [3.63, 3.8) is 0 Å². The number of carbonyl (C=O) groups is 2. The predicted molar refractivity (Wildman–Crippen MR) is 108 cm³/mol. The average Bonchev–Trinajstić information content (AvgIpc) is 3.01. The summed E-state index contributed by atoms with van der Waals surface area (Å²) in [5.74, 6) is -0.0657. The van der Waals surface area contributed by atoms with Gasteiger partial charge in [0.15, 0.2) is 0 Å². The molecule has 0 radical (unpaired) electrons. The highest BCUT2D eigenvalue weighted by atomic mass is 35.5. The van der Waals surface area contributed by atoms with Crippen LogP contribution < -0.4 is 15.0 Å². The zero-order valence-corrected chi connectivity index (χ0v) is 16.6. The summed E-state index contributed by atoms with van der Waals surface area (Å²) < 4.78 is 5.61. The minimum Gasteiger partial charge on any atom is -0.491 e. The van der Waals surface area contributed by atoms with Crippen molar-refractivity contribution in [2.24, 2.45) is 5.92 Å². The summed E-state index contributed by atoms with van der Waals surface area (Å²) in [5.41, 5.74) is 1.18. The fraction of sp³-hybridized carbons (Fsp3) is 0.300. The molecule has 1 aliphatic heterocycles. The SMILES string of the molecule is CC(C)Oc1ccc(N2CC(C(=O)Nc3cccc(Cl)c3Cl)CC2=O)cc1. The Morgan fingerprint density at radius 2 is 1.89 bits per heavy atom.